The average molecular weight is 211 g/mol. The minimum absolute atomic E-state index is 0.133. The Morgan fingerprint density at radius 1 is 1.47 bits per heavy atom. The van der Waals surface area contributed by atoms with Gasteiger partial charge in [0.05, 0.1) is 12.3 Å². The molecule has 0 amide bonds. The summed E-state index contributed by atoms with van der Waals surface area (Å²) in [5, 5.41) is 16.6. The van der Waals surface area contributed by atoms with Gasteiger partial charge in [0.2, 0.25) is 0 Å². The van der Waals surface area contributed by atoms with E-state index in [1.807, 2.05) is 18.5 Å². The van der Waals surface area contributed by atoms with Crippen LogP contribution in [-0.2, 0) is 13.1 Å². The highest BCUT2D eigenvalue weighted by atomic mass is 16.3. The SMILES string of the molecule is CCn1nc(C)c(CN[C@H](C)CO)c1C. The van der Waals surface area contributed by atoms with Crippen molar-refractivity contribution in [2.24, 2.45) is 0 Å². The van der Waals surface area contributed by atoms with E-state index >= 15 is 0 Å². The molecule has 0 aliphatic rings. The van der Waals surface area contributed by atoms with Crippen molar-refractivity contribution >= 4 is 0 Å². The zero-order chi connectivity index (χ0) is 11.4. The van der Waals surface area contributed by atoms with E-state index in [0.717, 1.165) is 18.8 Å². The molecule has 0 saturated carbocycles. The topological polar surface area (TPSA) is 50.1 Å². The molecule has 0 radical (unpaired) electrons. The third kappa shape index (κ3) is 2.79. The van der Waals surface area contributed by atoms with Crippen LogP contribution >= 0.6 is 0 Å². The third-order valence-electron chi connectivity index (χ3n) is 2.73. The van der Waals surface area contributed by atoms with E-state index in [4.69, 9.17) is 5.11 Å². The van der Waals surface area contributed by atoms with Crippen LogP contribution in [0.1, 0.15) is 30.8 Å². The van der Waals surface area contributed by atoms with Gasteiger partial charge in [-0.3, -0.25) is 4.68 Å². The predicted molar refractivity (Wildman–Crippen MR) is 60.8 cm³/mol. The number of aliphatic hydroxyl groups is 1. The van der Waals surface area contributed by atoms with Gasteiger partial charge >= 0.3 is 0 Å². The van der Waals surface area contributed by atoms with E-state index in [0.29, 0.717) is 0 Å². The van der Waals surface area contributed by atoms with Crippen LogP contribution in [0.5, 0.6) is 0 Å². The quantitative estimate of drug-likeness (QED) is 0.763. The third-order valence-corrected chi connectivity index (χ3v) is 2.73. The molecule has 0 aliphatic carbocycles. The molecule has 0 bridgehead atoms. The van der Waals surface area contributed by atoms with Gasteiger partial charge in [-0.25, -0.2) is 0 Å². The summed E-state index contributed by atoms with van der Waals surface area (Å²) < 4.78 is 2.01. The van der Waals surface area contributed by atoms with Crippen LogP contribution < -0.4 is 5.32 Å². The van der Waals surface area contributed by atoms with Crippen molar-refractivity contribution in [3.8, 4) is 0 Å². The summed E-state index contributed by atoms with van der Waals surface area (Å²) >= 11 is 0. The number of aliphatic hydroxyl groups excluding tert-OH is 1. The molecule has 0 aliphatic heterocycles. The second-order valence-corrected chi connectivity index (χ2v) is 3.93. The largest absolute Gasteiger partial charge is 0.395 e. The highest BCUT2D eigenvalue weighted by Crippen LogP contribution is 2.12. The van der Waals surface area contributed by atoms with E-state index < -0.39 is 0 Å². The lowest BCUT2D eigenvalue weighted by Gasteiger charge is -2.10. The Morgan fingerprint density at radius 2 is 2.13 bits per heavy atom. The standard InChI is InChI=1S/C11H21N3O/c1-5-14-10(4)11(9(3)13-14)6-12-8(2)7-15/h8,12,15H,5-7H2,1-4H3/t8-/m1/s1. The summed E-state index contributed by atoms with van der Waals surface area (Å²) in [6.07, 6.45) is 0. The lowest BCUT2D eigenvalue weighted by molar-refractivity contribution is 0.251. The Hall–Kier alpha value is -0.870. The fraction of sp³-hybridized carbons (Fsp3) is 0.727. The maximum atomic E-state index is 8.92. The van der Waals surface area contributed by atoms with Gasteiger partial charge in [-0.2, -0.15) is 5.10 Å². The minimum Gasteiger partial charge on any atom is -0.395 e. The van der Waals surface area contributed by atoms with Crippen LogP contribution in [0.2, 0.25) is 0 Å². The molecule has 1 aromatic heterocycles. The lowest BCUT2D eigenvalue weighted by atomic mass is 10.2. The molecule has 2 N–H and O–H groups in total. The molecule has 0 unspecified atom stereocenters. The fourth-order valence-corrected chi connectivity index (χ4v) is 1.64. The summed E-state index contributed by atoms with van der Waals surface area (Å²) in [4.78, 5) is 0. The van der Waals surface area contributed by atoms with Crippen molar-refractivity contribution < 1.29 is 5.11 Å². The molecule has 0 spiro atoms. The summed E-state index contributed by atoms with van der Waals surface area (Å²) in [5.74, 6) is 0. The summed E-state index contributed by atoms with van der Waals surface area (Å²) in [5.41, 5.74) is 3.54. The van der Waals surface area contributed by atoms with Crippen molar-refractivity contribution in [3.63, 3.8) is 0 Å². The molecule has 0 saturated heterocycles. The number of hydrogen-bond donors (Lipinski definition) is 2. The maximum absolute atomic E-state index is 8.92. The van der Waals surface area contributed by atoms with Crippen LogP contribution in [0.3, 0.4) is 0 Å². The van der Waals surface area contributed by atoms with E-state index in [2.05, 4.69) is 24.3 Å². The van der Waals surface area contributed by atoms with Crippen molar-refractivity contribution in [1.29, 1.82) is 0 Å². The molecule has 86 valence electrons. The first kappa shape index (κ1) is 12.2. The van der Waals surface area contributed by atoms with E-state index in [1.165, 1.54) is 11.3 Å². The predicted octanol–water partition coefficient (Wildman–Crippen LogP) is 0.990. The Labute approximate surface area is 91.3 Å². The molecule has 1 heterocycles. The van der Waals surface area contributed by atoms with Gasteiger partial charge in [0.1, 0.15) is 0 Å². The molecule has 4 nitrogen and oxygen atoms in total. The van der Waals surface area contributed by atoms with Gasteiger partial charge in [0.25, 0.3) is 0 Å². The first-order valence-corrected chi connectivity index (χ1v) is 5.47. The Kier molecular flexibility index (Phi) is 4.29. The average Bonchev–Trinajstić information content (AvgIpc) is 2.51. The molecule has 1 atom stereocenters. The van der Waals surface area contributed by atoms with Crippen molar-refractivity contribution in [1.82, 2.24) is 15.1 Å². The normalized spacial score (nSPS) is 13.1. The first-order valence-electron chi connectivity index (χ1n) is 5.47. The van der Waals surface area contributed by atoms with Crippen LogP contribution in [0.4, 0.5) is 0 Å². The number of nitrogens with zero attached hydrogens (tertiary/aromatic N) is 2. The van der Waals surface area contributed by atoms with Crippen molar-refractivity contribution in [3.05, 3.63) is 17.0 Å². The molecular formula is C11H21N3O. The molecule has 1 rings (SSSR count). The molecule has 4 heteroatoms. The highest BCUT2D eigenvalue weighted by Gasteiger charge is 2.10. The second-order valence-electron chi connectivity index (χ2n) is 3.93. The number of rotatable bonds is 5. The fourth-order valence-electron chi connectivity index (χ4n) is 1.64. The first-order chi connectivity index (χ1) is 7.10. The van der Waals surface area contributed by atoms with Crippen LogP contribution in [0, 0.1) is 13.8 Å². The van der Waals surface area contributed by atoms with Crippen LogP contribution in [0.15, 0.2) is 0 Å². The maximum Gasteiger partial charge on any atom is 0.0641 e. The van der Waals surface area contributed by atoms with Gasteiger partial charge in [0, 0.05) is 30.4 Å². The Balaban J connectivity index is 2.72. The minimum atomic E-state index is 0.133. The van der Waals surface area contributed by atoms with Crippen molar-refractivity contribution in [2.75, 3.05) is 6.61 Å². The van der Waals surface area contributed by atoms with Crippen molar-refractivity contribution in [2.45, 2.75) is 46.8 Å². The number of aryl methyl sites for hydroxylation is 2. The van der Waals surface area contributed by atoms with Gasteiger partial charge in [-0.15, -0.1) is 0 Å². The van der Waals surface area contributed by atoms with Crippen LogP contribution in [-0.4, -0.2) is 27.5 Å². The molecule has 1 aromatic rings. The van der Waals surface area contributed by atoms with E-state index in [1.54, 1.807) is 0 Å². The van der Waals surface area contributed by atoms with Gasteiger partial charge in [-0.05, 0) is 27.7 Å². The highest BCUT2D eigenvalue weighted by molar-refractivity contribution is 5.24. The Morgan fingerprint density at radius 3 is 2.60 bits per heavy atom. The van der Waals surface area contributed by atoms with E-state index in [9.17, 15) is 0 Å². The monoisotopic (exact) mass is 211 g/mol. The molecule has 0 fully saturated rings. The Bertz CT molecular complexity index is 320. The second kappa shape index (κ2) is 5.28. The molecule has 0 aromatic carbocycles. The zero-order valence-electron chi connectivity index (χ0n) is 10.0. The zero-order valence-corrected chi connectivity index (χ0v) is 10.0. The summed E-state index contributed by atoms with van der Waals surface area (Å²) in [7, 11) is 0. The number of nitrogens with one attached hydrogen (secondary N) is 1. The summed E-state index contributed by atoms with van der Waals surface area (Å²) in [6, 6.07) is 0.133. The summed E-state index contributed by atoms with van der Waals surface area (Å²) in [6.45, 7) is 10.0. The number of hydrogen-bond acceptors (Lipinski definition) is 3. The lowest BCUT2D eigenvalue weighted by Crippen LogP contribution is -2.29. The molecule has 15 heavy (non-hydrogen) atoms. The van der Waals surface area contributed by atoms with Gasteiger partial charge in [0.15, 0.2) is 0 Å². The van der Waals surface area contributed by atoms with Gasteiger partial charge < -0.3 is 10.4 Å². The number of aromatic nitrogens is 2. The van der Waals surface area contributed by atoms with E-state index in [-0.39, 0.29) is 12.6 Å². The smallest absolute Gasteiger partial charge is 0.0641 e. The van der Waals surface area contributed by atoms with Gasteiger partial charge in [-0.1, -0.05) is 0 Å². The molecular weight excluding hydrogens is 190 g/mol. The van der Waals surface area contributed by atoms with Crippen LogP contribution in [0.25, 0.3) is 0 Å².